The molecule has 294 valence electrons. The van der Waals surface area contributed by atoms with Crippen molar-refractivity contribution in [2.75, 3.05) is 24.9 Å². The van der Waals surface area contributed by atoms with Gasteiger partial charge in [-0.25, -0.2) is 22.8 Å². The van der Waals surface area contributed by atoms with Gasteiger partial charge in [0.05, 0.1) is 16.4 Å². The number of ether oxygens (including phenoxy) is 4. The van der Waals surface area contributed by atoms with Crippen molar-refractivity contribution in [2.24, 2.45) is 0 Å². The minimum atomic E-state index is -3.91. The molecule has 0 unspecified atom stereocenters. The van der Waals surface area contributed by atoms with Crippen LogP contribution in [-0.4, -0.2) is 114 Å². The number of aliphatic hydroxyl groups excluding tert-OH is 3. The number of hydrogen-bond donors (Lipinski definition) is 6. The molecule has 22 heteroatoms. The summed E-state index contributed by atoms with van der Waals surface area (Å²) in [5, 5.41) is 50.8. The van der Waals surface area contributed by atoms with Gasteiger partial charge in [-0.3, -0.25) is 19.6 Å². The standard InChI is InChI=1S/C33H34N4O17S/c1-36(32(44)51-18-20-10-12-24(23(17-20)37(46)47)52-31-28(41)26(39)27(40)29(53-31)30(42)43)14-15-50-33(45)54-34-25(38)13-11-19-6-5-9-22(16-19)55(48,49)35-21-7-3-2-4-8-21/h2-13,16-17,26-29,31,35,39-41H,14-15,18H2,1H3,(H,34,38)(H,42,43)/b13-11+/t26-,27-,28+,29-,31+/m0/s1. The number of nitrogens with zero attached hydrogens (tertiary/aromatic N) is 2. The second-order valence-electron chi connectivity index (χ2n) is 11.4. The molecule has 1 saturated heterocycles. The van der Waals surface area contributed by atoms with Crippen molar-refractivity contribution in [3.05, 3.63) is 100 Å². The first-order valence-electron chi connectivity index (χ1n) is 15.8. The molecule has 1 fully saturated rings. The first-order valence-corrected chi connectivity index (χ1v) is 17.3. The van der Waals surface area contributed by atoms with Gasteiger partial charge in [0.2, 0.25) is 6.29 Å². The summed E-state index contributed by atoms with van der Waals surface area (Å²) in [4.78, 5) is 64.0. The van der Waals surface area contributed by atoms with Crippen molar-refractivity contribution >= 4 is 51.6 Å². The van der Waals surface area contributed by atoms with E-state index in [0.29, 0.717) is 11.3 Å². The summed E-state index contributed by atoms with van der Waals surface area (Å²) >= 11 is 0. The number of nitro groups is 1. The zero-order valence-corrected chi connectivity index (χ0v) is 29.3. The molecule has 1 aliphatic rings. The molecule has 2 amide bonds. The molecule has 1 heterocycles. The highest BCUT2D eigenvalue weighted by atomic mass is 32.2. The molecule has 3 aromatic carbocycles. The zero-order valence-electron chi connectivity index (χ0n) is 28.5. The van der Waals surface area contributed by atoms with Crippen molar-refractivity contribution in [1.29, 1.82) is 0 Å². The lowest BCUT2D eigenvalue weighted by Gasteiger charge is -2.38. The van der Waals surface area contributed by atoms with Crippen LogP contribution < -0.4 is 14.9 Å². The van der Waals surface area contributed by atoms with Crippen molar-refractivity contribution in [2.45, 2.75) is 42.2 Å². The second-order valence-corrected chi connectivity index (χ2v) is 13.1. The lowest BCUT2D eigenvalue weighted by Crippen LogP contribution is -2.61. The fourth-order valence-electron chi connectivity index (χ4n) is 4.62. The van der Waals surface area contributed by atoms with Crippen molar-refractivity contribution < 1.29 is 76.7 Å². The normalized spacial score (nSPS) is 19.5. The van der Waals surface area contributed by atoms with E-state index in [9.17, 15) is 58.1 Å². The minimum absolute atomic E-state index is 0.0606. The number of sulfonamides is 1. The quantitative estimate of drug-likeness (QED) is 0.0577. The number of carbonyl (C=O) groups excluding carboxylic acids is 3. The fraction of sp³-hybridized carbons (Fsp3) is 0.273. The van der Waals surface area contributed by atoms with Crippen LogP contribution in [0, 0.1) is 10.1 Å². The van der Waals surface area contributed by atoms with Crippen LogP contribution in [0.3, 0.4) is 0 Å². The molecule has 0 radical (unpaired) electrons. The average Bonchev–Trinajstić information content (AvgIpc) is 3.15. The monoisotopic (exact) mass is 790 g/mol. The van der Waals surface area contributed by atoms with Gasteiger partial charge < -0.3 is 49.1 Å². The SMILES string of the molecule is CN(CCOC(=O)ONC(=O)/C=C/c1cccc(S(=O)(=O)Nc2ccccc2)c1)C(=O)OCc1ccc(O[C@@H]2O[C@H](C(=O)O)[C@@H](O)[C@H](O)[C@H]2O)c([N+](=O)[O-])c1. The molecule has 0 aliphatic carbocycles. The van der Waals surface area contributed by atoms with Gasteiger partial charge in [0.25, 0.3) is 15.9 Å². The molecule has 1 aliphatic heterocycles. The minimum Gasteiger partial charge on any atom is -0.479 e. The Kier molecular flexibility index (Phi) is 14.0. The summed E-state index contributed by atoms with van der Waals surface area (Å²) in [6, 6.07) is 17.2. The van der Waals surface area contributed by atoms with Crippen LogP contribution in [-0.2, 0) is 45.3 Å². The largest absolute Gasteiger partial charge is 0.533 e. The van der Waals surface area contributed by atoms with Gasteiger partial charge in [-0.2, -0.15) is 5.48 Å². The highest BCUT2D eigenvalue weighted by molar-refractivity contribution is 7.92. The van der Waals surface area contributed by atoms with Crippen LogP contribution in [0.5, 0.6) is 5.75 Å². The Morgan fingerprint density at radius 3 is 2.38 bits per heavy atom. The molecular weight excluding hydrogens is 756 g/mol. The Hall–Kier alpha value is -6.33. The van der Waals surface area contributed by atoms with Crippen LogP contribution in [0.4, 0.5) is 21.0 Å². The Labute approximate surface area is 311 Å². The van der Waals surface area contributed by atoms with E-state index >= 15 is 0 Å². The molecule has 3 aromatic rings. The predicted octanol–water partition coefficient (Wildman–Crippen LogP) is 1.13. The first kappa shape index (κ1) is 41.4. The van der Waals surface area contributed by atoms with Crippen molar-refractivity contribution in [3.8, 4) is 5.75 Å². The summed E-state index contributed by atoms with van der Waals surface area (Å²) in [6.07, 6.45) is -9.89. The number of nitro benzene ring substituents is 1. The number of carbonyl (C=O) groups is 4. The smallest absolute Gasteiger partial charge is 0.479 e. The Morgan fingerprint density at radius 2 is 1.69 bits per heavy atom. The maximum Gasteiger partial charge on any atom is 0.533 e. The first-order chi connectivity index (χ1) is 26.0. The highest BCUT2D eigenvalue weighted by Crippen LogP contribution is 2.32. The molecule has 0 bridgehead atoms. The van der Waals surface area contributed by atoms with Gasteiger partial charge >= 0.3 is 23.9 Å². The van der Waals surface area contributed by atoms with E-state index in [2.05, 4.69) is 9.56 Å². The van der Waals surface area contributed by atoms with E-state index in [-0.39, 0.29) is 17.0 Å². The van der Waals surface area contributed by atoms with Crippen LogP contribution in [0.2, 0.25) is 0 Å². The summed E-state index contributed by atoms with van der Waals surface area (Å²) < 4.78 is 48.0. The third kappa shape index (κ3) is 11.6. The van der Waals surface area contributed by atoms with E-state index in [1.54, 1.807) is 36.4 Å². The second kappa shape index (κ2) is 18.6. The molecule has 4 rings (SSSR count). The molecule has 55 heavy (non-hydrogen) atoms. The summed E-state index contributed by atoms with van der Waals surface area (Å²) in [6.45, 7) is -1.10. The van der Waals surface area contributed by atoms with Gasteiger partial charge in [-0.05, 0) is 47.5 Å². The third-order valence-electron chi connectivity index (χ3n) is 7.45. The number of hydroxylamine groups is 1. The highest BCUT2D eigenvalue weighted by Gasteiger charge is 2.48. The summed E-state index contributed by atoms with van der Waals surface area (Å²) in [5.41, 5.74) is 1.94. The maximum absolute atomic E-state index is 12.7. The van der Waals surface area contributed by atoms with Crippen molar-refractivity contribution in [1.82, 2.24) is 10.4 Å². The number of carboxylic acids is 1. The van der Waals surface area contributed by atoms with Gasteiger partial charge in [0, 0.05) is 24.9 Å². The Bertz CT molecular complexity index is 2010. The summed E-state index contributed by atoms with van der Waals surface area (Å²) in [5.74, 6) is -3.07. The van der Waals surface area contributed by atoms with Crippen LogP contribution in [0.1, 0.15) is 11.1 Å². The van der Waals surface area contributed by atoms with Gasteiger partial charge in [0.15, 0.2) is 11.9 Å². The number of aliphatic hydroxyl groups is 3. The number of hydrogen-bond acceptors (Lipinski definition) is 16. The van der Waals surface area contributed by atoms with Gasteiger partial charge in [0.1, 0.15) is 31.5 Å². The molecule has 0 saturated carbocycles. The van der Waals surface area contributed by atoms with E-state index in [0.717, 1.165) is 23.1 Å². The molecule has 0 aromatic heterocycles. The predicted molar refractivity (Wildman–Crippen MR) is 184 cm³/mol. The zero-order chi connectivity index (χ0) is 40.3. The van der Waals surface area contributed by atoms with Crippen LogP contribution in [0.15, 0.2) is 83.8 Å². The average molecular weight is 791 g/mol. The topological polar surface area (TPSA) is 300 Å². The number of amides is 2. The van der Waals surface area contributed by atoms with Gasteiger partial charge in [-0.1, -0.05) is 36.4 Å². The number of nitrogens with one attached hydrogen (secondary N) is 2. The van der Waals surface area contributed by atoms with E-state index in [4.69, 9.17) is 18.9 Å². The molecule has 5 atom stereocenters. The molecule has 0 spiro atoms. The summed E-state index contributed by atoms with van der Waals surface area (Å²) in [7, 11) is -2.63. The lowest BCUT2D eigenvalue weighted by molar-refractivity contribution is -0.387. The molecule has 21 nitrogen and oxygen atoms in total. The Morgan fingerprint density at radius 1 is 0.964 bits per heavy atom. The van der Waals surface area contributed by atoms with E-state index in [1.165, 1.54) is 37.4 Å². The van der Waals surface area contributed by atoms with E-state index < -0.39 is 94.4 Å². The number of likely N-dealkylation sites (N-methyl/N-ethyl adjacent to an activating group) is 1. The number of benzene rings is 3. The number of carboxylic acid groups (broad SMARTS) is 1. The molecule has 6 N–H and O–H groups in total. The van der Waals surface area contributed by atoms with Crippen LogP contribution >= 0.6 is 0 Å². The van der Waals surface area contributed by atoms with Crippen LogP contribution in [0.25, 0.3) is 6.08 Å². The van der Waals surface area contributed by atoms with Gasteiger partial charge in [-0.15, -0.1) is 0 Å². The van der Waals surface area contributed by atoms with Crippen molar-refractivity contribution in [3.63, 3.8) is 0 Å². The van der Waals surface area contributed by atoms with E-state index in [1.807, 2.05) is 5.48 Å². The molecular formula is C33H34N4O17S. The third-order valence-corrected chi connectivity index (χ3v) is 8.83. The number of anilines is 1. The number of aliphatic carboxylic acids is 1. The maximum atomic E-state index is 12.7. The number of para-hydroxylation sites is 1. The fourth-order valence-corrected chi connectivity index (χ4v) is 5.73. The number of rotatable bonds is 14. The lowest BCUT2D eigenvalue weighted by atomic mass is 9.99. The Balaban J connectivity index is 1.19.